The first-order valence-electron chi connectivity index (χ1n) is 7.69. The van der Waals surface area contributed by atoms with Crippen LogP contribution in [0.1, 0.15) is 5.56 Å². The number of carbonyl (C=O) groups is 1. The molecule has 0 aliphatic carbocycles. The molecule has 1 aromatic carbocycles. The maximum absolute atomic E-state index is 12.8. The third-order valence-electron chi connectivity index (χ3n) is 3.85. The first-order chi connectivity index (χ1) is 11.6. The first kappa shape index (κ1) is 19.4. The molecule has 2 rings (SSSR count). The molecule has 1 aromatic rings. The van der Waals surface area contributed by atoms with Crippen molar-refractivity contribution in [3.63, 3.8) is 0 Å². The zero-order valence-corrected chi connectivity index (χ0v) is 14.5. The maximum atomic E-state index is 12.8. The minimum absolute atomic E-state index is 0.0332. The van der Waals surface area contributed by atoms with Crippen molar-refractivity contribution < 1.29 is 26.4 Å². The van der Waals surface area contributed by atoms with Crippen LogP contribution in [-0.4, -0.2) is 64.1 Å². The Hall–Kier alpha value is -1.97. The number of piperazine rings is 1. The first-order valence-corrected chi connectivity index (χ1v) is 9.75. The average molecular weight is 379 g/mol. The molecule has 6 nitrogen and oxygen atoms in total. The zero-order valence-electron chi connectivity index (χ0n) is 13.7. The molecule has 1 saturated heterocycles. The number of hydrogen-bond donors (Lipinski definition) is 1. The minimum Gasteiger partial charge on any atom is -0.368 e. The zero-order chi connectivity index (χ0) is 18.7. The molecule has 0 bridgehead atoms. The molecule has 1 heterocycles. The van der Waals surface area contributed by atoms with Crippen LogP contribution in [0.5, 0.6) is 0 Å². The van der Waals surface area contributed by atoms with Gasteiger partial charge >= 0.3 is 12.2 Å². The van der Waals surface area contributed by atoms with Gasteiger partial charge in [0.15, 0.2) is 0 Å². The number of benzene rings is 1. The van der Waals surface area contributed by atoms with Gasteiger partial charge < -0.3 is 15.1 Å². The molecule has 0 radical (unpaired) electrons. The van der Waals surface area contributed by atoms with Crippen molar-refractivity contribution in [1.82, 2.24) is 10.2 Å². The lowest BCUT2D eigenvalue weighted by Gasteiger charge is -2.36. The Bertz CT molecular complexity index is 714. The summed E-state index contributed by atoms with van der Waals surface area (Å²) in [4.78, 5) is 15.3. The fourth-order valence-corrected chi connectivity index (χ4v) is 2.97. The van der Waals surface area contributed by atoms with Crippen molar-refractivity contribution in [1.29, 1.82) is 0 Å². The summed E-state index contributed by atoms with van der Waals surface area (Å²) in [6, 6.07) is 4.73. The van der Waals surface area contributed by atoms with E-state index in [-0.39, 0.29) is 18.3 Å². The molecule has 0 unspecified atom stereocenters. The lowest BCUT2D eigenvalue weighted by Crippen LogP contribution is -2.52. The van der Waals surface area contributed by atoms with Crippen LogP contribution in [0.3, 0.4) is 0 Å². The number of sulfone groups is 1. The predicted molar refractivity (Wildman–Crippen MR) is 88.3 cm³/mol. The lowest BCUT2D eigenvalue weighted by atomic mass is 10.1. The molecule has 1 aliphatic rings. The van der Waals surface area contributed by atoms with Crippen LogP contribution in [0.4, 0.5) is 23.7 Å². The highest BCUT2D eigenvalue weighted by Crippen LogP contribution is 2.31. The number of amides is 2. The van der Waals surface area contributed by atoms with E-state index in [2.05, 4.69) is 5.32 Å². The Balaban J connectivity index is 1.88. The third kappa shape index (κ3) is 5.80. The quantitative estimate of drug-likeness (QED) is 0.863. The normalized spacial score (nSPS) is 16.0. The molecule has 1 aliphatic heterocycles. The largest absolute Gasteiger partial charge is 0.416 e. The molecule has 1 fully saturated rings. The Morgan fingerprint density at radius 3 is 2.40 bits per heavy atom. The summed E-state index contributed by atoms with van der Waals surface area (Å²) < 4.78 is 60.4. The van der Waals surface area contributed by atoms with Gasteiger partial charge in [-0.2, -0.15) is 13.2 Å². The monoisotopic (exact) mass is 379 g/mol. The van der Waals surface area contributed by atoms with Crippen LogP contribution in [0.15, 0.2) is 24.3 Å². The number of halogens is 3. The minimum atomic E-state index is -4.39. The number of nitrogens with zero attached hydrogens (tertiary/aromatic N) is 2. The molecule has 0 spiro atoms. The van der Waals surface area contributed by atoms with Crippen molar-refractivity contribution in [3.8, 4) is 0 Å². The second-order valence-corrected chi connectivity index (χ2v) is 8.14. The highest BCUT2D eigenvalue weighted by atomic mass is 32.2. The standard InChI is InChI=1S/C15H20F3N3O3S/c1-25(23,24)10-5-19-14(22)21-8-6-20(7-9-21)13-4-2-3-12(11-13)15(16,17)18/h2-4,11H,5-10H2,1H3,(H,19,22). The summed E-state index contributed by atoms with van der Waals surface area (Å²) >= 11 is 0. The lowest BCUT2D eigenvalue weighted by molar-refractivity contribution is -0.137. The van der Waals surface area contributed by atoms with E-state index in [4.69, 9.17) is 0 Å². The fraction of sp³-hybridized carbons (Fsp3) is 0.533. The number of rotatable bonds is 4. The van der Waals surface area contributed by atoms with Crippen LogP contribution in [0, 0.1) is 0 Å². The number of hydrogen-bond acceptors (Lipinski definition) is 4. The van der Waals surface area contributed by atoms with Gasteiger partial charge in [0.25, 0.3) is 0 Å². The van der Waals surface area contributed by atoms with Crippen LogP contribution in [0.2, 0.25) is 0 Å². The van der Waals surface area contributed by atoms with E-state index in [1.807, 2.05) is 0 Å². The van der Waals surface area contributed by atoms with Gasteiger partial charge in [0.2, 0.25) is 0 Å². The summed E-state index contributed by atoms with van der Waals surface area (Å²) in [5.74, 6) is -0.136. The molecule has 140 valence electrons. The van der Waals surface area contributed by atoms with E-state index >= 15 is 0 Å². The molecule has 2 amide bonds. The molecule has 25 heavy (non-hydrogen) atoms. The number of anilines is 1. The van der Waals surface area contributed by atoms with E-state index in [0.29, 0.717) is 31.9 Å². The second-order valence-electron chi connectivity index (χ2n) is 5.88. The molecule has 0 atom stereocenters. The van der Waals surface area contributed by atoms with E-state index in [9.17, 15) is 26.4 Å². The Labute approximate surface area is 144 Å². The predicted octanol–water partition coefficient (Wildman–Crippen LogP) is 1.58. The second kappa shape index (κ2) is 7.51. The summed E-state index contributed by atoms with van der Waals surface area (Å²) in [7, 11) is -3.14. The van der Waals surface area contributed by atoms with Crippen LogP contribution < -0.4 is 10.2 Å². The van der Waals surface area contributed by atoms with Gasteiger partial charge in [0.05, 0.1) is 11.3 Å². The van der Waals surface area contributed by atoms with Crippen molar-refractivity contribution in [2.45, 2.75) is 6.18 Å². The molecule has 10 heteroatoms. The van der Waals surface area contributed by atoms with Gasteiger partial charge in [-0.15, -0.1) is 0 Å². The smallest absolute Gasteiger partial charge is 0.368 e. The van der Waals surface area contributed by atoms with Gasteiger partial charge in [-0.1, -0.05) is 6.07 Å². The topological polar surface area (TPSA) is 69.7 Å². The number of nitrogens with one attached hydrogen (secondary N) is 1. The van der Waals surface area contributed by atoms with E-state index in [1.54, 1.807) is 11.0 Å². The van der Waals surface area contributed by atoms with Gasteiger partial charge in [-0.25, -0.2) is 13.2 Å². The number of alkyl halides is 3. The van der Waals surface area contributed by atoms with Gasteiger partial charge in [-0.3, -0.25) is 0 Å². The Morgan fingerprint density at radius 2 is 1.84 bits per heavy atom. The molecular weight excluding hydrogens is 359 g/mol. The molecular formula is C15H20F3N3O3S. The fourth-order valence-electron chi connectivity index (χ4n) is 2.50. The van der Waals surface area contributed by atoms with Crippen molar-refractivity contribution in [3.05, 3.63) is 29.8 Å². The van der Waals surface area contributed by atoms with Gasteiger partial charge in [0, 0.05) is 44.7 Å². The van der Waals surface area contributed by atoms with E-state index in [0.717, 1.165) is 18.4 Å². The van der Waals surface area contributed by atoms with Crippen LogP contribution >= 0.6 is 0 Å². The SMILES string of the molecule is CS(=O)(=O)CCNC(=O)N1CCN(c2cccc(C(F)(F)F)c2)CC1. The van der Waals surface area contributed by atoms with Crippen molar-refractivity contribution >= 4 is 21.6 Å². The van der Waals surface area contributed by atoms with Gasteiger partial charge in [-0.05, 0) is 18.2 Å². The summed E-state index contributed by atoms with van der Waals surface area (Å²) in [6.07, 6.45) is -3.30. The average Bonchev–Trinajstić information content (AvgIpc) is 2.53. The summed E-state index contributed by atoms with van der Waals surface area (Å²) in [6.45, 7) is 1.54. The molecule has 0 aromatic heterocycles. The third-order valence-corrected chi connectivity index (χ3v) is 4.80. The van der Waals surface area contributed by atoms with Crippen molar-refractivity contribution in [2.75, 3.05) is 49.6 Å². The highest BCUT2D eigenvalue weighted by Gasteiger charge is 2.31. The number of urea groups is 1. The highest BCUT2D eigenvalue weighted by molar-refractivity contribution is 7.90. The Morgan fingerprint density at radius 1 is 1.20 bits per heavy atom. The van der Waals surface area contributed by atoms with Crippen molar-refractivity contribution in [2.24, 2.45) is 0 Å². The van der Waals surface area contributed by atoms with Gasteiger partial charge in [0.1, 0.15) is 9.84 Å². The number of carbonyl (C=O) groups excluding carboxylic acids is 1. The van der Waals surface area contributed by atoms with Crippen LogP contribution in [0.25, 0.3) is 0 Å². The summed E-state index contributed by atoms with van der Waals surface area (Å²) in [5, 5.41) is 2.53. The summed E-state index contributed by atoms with van der Waals surface area (Å²) in [5.41, 5.74) is -0.238. The van der Waals surface area contributed by atoms with Crippen LogP contribution in [-0.2, 0) is 16.0 Å². The van der Waals surface area contributed by atoms with E-state index in [1.165, 1.54) is 11.0 Å². The Kier molecular flexibility index (Phi) is 5.81. The van der Waals surface area contributed by atoms with E-state index < -0.39 is 21.6 Å². The molecule has 1 N–H and O–H groups in total. The maximum Gasteiger partial charge on any atom is 0.416 e. The molecule has 0 saturated carbocycles.